The third-order valence-corrected chi connectivity index (χ3v) is 5.13. The van der Waals surface area contributed by atoms with Gasteiger partial charge in [-0.15, -0.1) is 0 Å². The molecular weight excluding hydrogens is 316 g/mol. The molecule has 0 bridgehead atoms. The summed E-state index contributed by atoms with van der Waals surface area (Å²) in [7, 11) is 0. The van der Waals surface area contributed by atoms with Crippen LogP contribution in [0.1, 0.15) is 31.9 Å². The van der Waals surface area contributed by atoms with Crippen LogP contribution in [0.5, 0.6) is 0 Å². The van der Waals surface area contributed by atoms with E-state index in [0.29, 0.717) is 12.5 Å². The molecule has 0 aliphatic carbocycles. The largest absolute Gasteiger partial charge is 0.377 e. The first-order chi connectivity index (χ1) is 12.2. The summed E-state index contributed by atoms with van der Waals surface area (Å²) in [6.07, 6.45) is 5.34. The number of aromatic nitrogens is 1. The van der Waals surface area contributed by atoms with E-state index in [4.69, 9.17) is 4.74 Å². The number of hydrogen-bond acceptors (Lipinski definition) is 5. The number of nitrogens with zero attached hydrogens (tertiary/aromatic N) is 2. The quantitative estimate of drug-likeness (QED) is 0.776. The summed E-state index contributed by atoms with van der Waals surface area (Å²) in [6.45, 7) is 7.09. The van der Waals surface area contributed by atoms with Gasteiger partial charge in [-0.25, -0.2) is 0 Å². The number of amides is 1. The van der Waals surface area contributed by atoms with Crippen molar-refractivity contribution in [3.05, 3.63) is 30.1 Å². The monoisotopic (exact) mass is 346 g/mol. The predicted octanol–water partition coefficient (Wildman–Crippen LogP) is 1.18. The fourth-order valence-corrected chi connectivity index (χ4v) is 3.72. The molecule has 1 amide bonds. The second-order valence-corrected chi connectivity index (χ2v) is 7.26. The van der Waals surface area contributed by atoms with Gasteiger partial charge in [0.2, 0.25) is 5.91 Å². The molecule has 0 aromatic carbocycles. The normalized spacial score (nSPS) is 27.3. The highest BCUT2D eigenvalue weighted by molar-refractivity contribution is 5.78. The maximum Gasteiger partial charge on any atom is 0.234 e. The van der Waals surface area contributed by atoms with E-state index in [1.165, 1.54) is 0 Å². The molecule has 2 saturated heterocycles. The Kier molecular flexibility index (Phi) is 6.78. The molecule has 3 atom stereocenters. The van der Waals surface area contributed by atoms with E-state index in [0.717, 1.165) is 57.7 Å². The summed E-state index contributed by atoms with van der Waals surface area (Å²) in [5.41, 5.74) is 1.11. The van der Waals surface area contributed by atoms with Gasteiger partial charge in [-0.1, -0.05) is 13.0 Å². The maximum absolute atomic E-state index is 12.2. The number of rotatable bonds is 7. The molecule has 0 unspecified atom stereocenters. The van der Waals surface area contributed by atoms with Crippen molar-refractivity contribution in [3.8, 4) is 0 Å². The van der Waals surface area contributed by atoms with Crippen LogP contribution in [0, 0.1) is 5.92 Å². The number of pyridine rings is 1. The lowest BCUT2D eigenvalue weighted by atomic mass is 9.93. The van der Waals surface area contributed by atoms with Crippen molar-refractivity contribution in [2.75, 3.05) is 32.8 Å². The molecule has 0 spiro atoms. The van der Waals surface area contributed by atoms with E-state index in [1.807, 2.05) is 18.3 Å². The molecule has 3 heterocycles. The van der Waals surface area contributed by atoms with Crippen LogP contribution in [0.3, 0.4) is 0 Å². The van der Waals surface area contributed by atoms with Crippen molar-refractivity contribution >= 4 is 5.91 Å². The molecule has 6 nitrogen and oxygen atoms in total. The third-order valence-electron chi connectivity index (χ3n) is 5.13. The van der Waals surface area contributed by atoms with Crippen LogP contribution in [0.25, 0.3) is 0 Å². The summed E-state index contributed by atoms with van der Waals surface area (Å²) in [4.78, 5) is 19.0. The molecule has 2 aliphatic heterocycles. The Balaban J connectivity index is 1.35. The molecule has 0 saturated carbocycles. The molecule has 138 valence electrons. The van der Waals surface area contributed by atoms with E-state index in [-0.39, 0.29) is 18.1 Å². The number of carbonyl (C=O) groups is 1. The molecule has 2 aliphatic rings. The van der Waals surface area contributed by atoms with Gasteiger partial charge in [-0.2, -0.15) is 0 Å². The lowest BCUT2D eigenvalue weighted by Crippen LogP contribution is -2.51. The fraction of sp³-hybridized carbons (Fsp3) is 0.684. The van der Waals surface area contributed by atoms with Crippen molar-refractivity contribution in [1.29, 1.82) is 0 Å². The number of carbonyl (C=O) groups excluding carboxylic acids is 1. The van der Waals surface area contributed by atoms with Crippen LogP contribution in [0.15, 0.2) is 24.4 Å². The van der Waals surface area contributed by atoms with Crippen LogP contribution < -0.4 is 10.6 Å². The van der Waals surface area contributed by atoms with E-state index in [1.54, 1.807) is 0 Å². The van der Waals surface area contributed by atoms with Crippen LogP contribution in [0.2, 0.25) is 0 Å². The fourth-order valence-electron chi connectivity index (χ4n) is 3.72. The summed E-state index contributed by atoms with van der Waals surface area (Å²) in [6, 6.07) is 6.30. The van der Waals surface area contributed by atoms with Crippen molar-refractivity contribution in [1.82, 2.24) is 20.5 Å². The number of likely N-dealkylation sites (tertiary alicyclic amines) is 1. The Morgan fingerprint density at radius 1 is 1.40 bits per heavy atom. The second-order valence-electron chi connectivity index (χ2n) is 7.26. The molecule has 3 rings (SSSR count). The van der Waals surface area contributed by atoms with E-state index >= 15 is 0 Å². The summed E-state index contributed by atoms with van der Waals surface area (Å²) >= 11 is 0. The van der Waals surface area contributed by atoms with Gasteiger partial charge in [-0.3, -0.25) is 14.7 Å². The standard InChI is InChI=1S/C19H30N4O2/c1-15-13-23(14-16-5-2-3-8-21-16)9-7-18(15)22-19(24)12-20-11-17-6-4-10-25-17/h2-3,5,8,15,17-18,20H,4,6-7,9-14H2,1H3,(H,22,24)/t15-,17+,18+/m1/s1. The van der Waals surface area contributed by atoms with Crippen LogP contribution in [0.4, 0.5) is 0 Å². The Morgan fingerprint density at radius 2 is 2.32 bits per heavy atom. The zero-order chi connectivity index (χ0) is 17.5. The first-order valence-corrected chi connectivity index (χ1v) is 9.44. The lowest BCUT2D eigenvalue weighted by Gasteiger charge is -2.37. The smallest absolute Gasteiger partial charge is 0.234 e. The minimum Gasteiger partial charge on any atom is -0.377 e. The van der Waals surface area contributed by atoms with E-state index in [9.17, 15) is 4.79 Å². The molecule has 2 N–H and O–H groups in total. The van der Waals surface area contributed by atoms with Gasteiger partial charge in [0.25, 0.3) is 0 Å². The SMILES string of the molecule is C[C@@H]1CN(Cc2ccccn2)CC[C@@H]1NC(=O)CNC[C@@H]1CCCO1. The topological polar surface area (TPSA) is 66.5 Å². The minimum absolute atomic E-state index is 0.0908. The predicted molar refractivity (Wildman–Crippen MR) is 97.1 cm³/mol. The highest BCUT2D eigenvalue weighted by Crippen LogP contribution is 2.18. The van der Waals surface area contributed by atoms with Crippen LogP contribution in [-0.4, -0.2) is 60.7 Å². The first-order valence-electron chi connectivity index (χ1n) is 9.44. The second kappa shape index (κ2) is 9.27. The first kappa shape index (κ1) is 18.3. The summed E-state index contributed by atoms with van der Waals surface area (Å²) in [5.74, 6) is 0.535. The summed E-state index contributed by atoms with van der Waals surface area (Å²) in [5, 5.41) is 6.41. The van der Waals surface area contributed by atoms with Crippen LogP contribution >= 0.6 is 0 Å². The average Bonchev–Trinajstić information content (AvgIpc) is 3.12. The van der Waals surface area contributed by atoms with Gasteiger partial charge in [0.05, 0.1) is 18.3 Å². The molecule has 25 heavy (non-hydrogen) atoms. The van der Waals surface area contributed by atoms with Crippen molar-refractivity contribution in [3.63, 3.8) is 0 Å². The van der Waals surface area contributed by atoms with Gasteiger partial charge in [0, 0.05) is 45.0 Å². The maximum atomic E-state index is 12.2. The zero-order valence-electron chi connectivity index (χ0n) is 15.1. The van der Waals surface area contributed by atoms with Crippen molar-refractivity contribution in [2.45, 2.75) is 44.9 Å². The molecule has 0 radical (unpaired) electrons. The Labute approximate surface area is 150 Å². The van der Waals surface area contributed by atoms with Gasteiger partial charge < -0.3 is 15.4 Å². The van der Waals surface area contributed by atoms with Gasteiger partial charge >= 0.3 is 0 Å². The van der Waals surface area contributed by atoms with Crippen molar-refractivity contribution < 1.29 is 9.53 Å². The van der Waals surface area contributed by atoms with Crippen molar-refractivity contribution in [2.24, 2.45) is 5.92 Å². The van der Waals surface area contributed by atoms with Gasteiger partial charge in [0.1, 0.15) is 0 Å². The molecule has 6 heteroatoms. The van der Waals surface area contributed by atoms with Crippen LogP contribution in [-0.2, 0) is 16.1 Å². The number of hydrogen-bond donors (Lipinski definition) is 2. The Morgan fingerprint density at radius 3 is 3.04 bits per heavy atom. The molecular formula is C19H30N4O2. The highest BCUT2D eigenvalue weighted by atomic mass is 16.5. The Hall–Kier alpha value is -1.50. The lowest BCUT2D eigenvalue weighted by molar-refractivity contribution is -0.121. The number of nitrogens with one attached hydrogen (secondary N) is 2. The average molecular weight is 346 g/mol. The minimum atomic E-state index is 0.0908. The Bertz CT molecular complexity index is 533. The number of ether oxygens (including phenoxy) is 1. The number of piperidine rings is 1. The third kappa shape index (κ3) is 5.76. The van der Waals surface area contributed by atoms with Gasteiger partial charge in [0.15, 0.2) is 0 Å². The molecule has 1 aromatic rings. The highest BCUT2D eigenvalue weighted by Gasteiger charge is 2.27. The van der Waals surface area contributed by atoms with E-state index in [2.05, 4.69) is 33.5 Å². The molecule has 1 aromatic heterocycles. The molecule has 2 fully saturated rings. The summed E-state index contributed by atoms with van der Waals surface area (Å²) < 4.78 is 5.56. The zero-order valence-corrected chi connectivity index (χ0v) is 15.1. The van der Waals surface area contributed by atoms with E-state index < -0.39 is 0 Å². The van der Waals surface area contributed by atoms with Gasteiger partial charge in [-0.05, 0) is 37.3 Å².